The van der Waals surface area contributed by atoms with Crippen molar-refractivity contribution >= 4 is 33.9 Å². The average molecular weight is 325 g/mol. The van der Waals surface area contributed by atoms with Crippen molar-refractivity contribution in [3.05, 3.63) is 58.7 Å². The highest BCUT2D eigenvalue weighted by Crippen LogP contribution is 2.38. The number of ether oxygens (including phenoxy) is 1. The number of anilines is 2. The lowest BCUT2D eigenvalue weighted by molar-refractivity contribution is 0.417. The molecule has 3 aromatic rings. The minimum Gasteiger partial charge on any atom is -0.495 e. The minimum absolute atomic E-state index is 0.684. The zero-order valence-corrected chi connectivity index (χ0v) is 13.7. The molecule has 0 fully saturated rings. The summed E-state index contributed by atoms with van der Waals surface area (Å²) in [6.45, 7) is 0. The number of benzene rings is 2. The van der Waals surface area contributed by atoms with Crippen LogP contribution in [0.3, 0.4) is 0 Å². The van der Waals surface area contributed by atoms with Crippen molar-refractivity contribution in [2.45, 2.75) is 19.3 Å². The Hall–Kier alpha value is -2.26. The molecule has 1 aliphatic rings. The number of hydrogen-bond donors (Lipinski definition) is 1. The summed E-state index contributed by atoms with van der Waals surface area (Å²) in [6.07, 6.45) is 3.25. The standard InChI is InChI=1S/C19H17ClN2O/c1-23-18-10-9-12(20)11-17(18)22-19-13-5-2-3-7-15(13)21-16-8-4-6-14(16)19/h2-3,5,7,9-11H,4,6,8H2,1H3,(H,21,22). The molecule has 3 nitrogen and oxygen atoms in total. The molecule has 1 heterocycles. The van der Waals surface area contributed by atoms with Crippen molar-refractivity contribution < 1.29 is 4.74 Å². The molecule has 2 aromatic carbocycles. The number of hydrogen-bond acceptors (Lipinski definition) is 3. The maximum atomic E-state index is 6.17. The maximum Gasteiger partial charge on any atom is 0.142 e. The van der Waals surface area contributed by atoms with E-state index in [1.54, 1.807) is 7.11 Å². The van der Waals surface area contributed by atoms with Crippen LogP contribution in [-0.2, 0) is 12.8 Å². The van der Waals surface area contributed by atoms with Crippen molar-refractivity contribution in [1.29, 1.82) is 0 Å². The Bertz CT molecular complexity index is 892. The SMILES string of the molecule is COc1ccc(Cl)cc1Nc1c2c(nc3ccccc13)CCC2. The molecule has 0 saturated carbocycles. The van der Waals surface area contributed by atoms with Gasteiger partial charge in [-0.2, -0.15) is 0 Å². The van der Waals surface area contributed by atoms with E-state index in [2.05, 4.69) is 17.4 Å². The van der Waals surface area contributed by atoms with E-state index in [1.165, 1.54) is 11.3 Å². The number of nitrogens with one attached hydrogen (secondary N) is 1. The van der Waals surface area contributed by atoms with E-state index in [0.717, 1.165) is 47.3 Å². The Morgan fingerprint density at radius 1 is 1.13 bits per heavy atom. The fraction of sp³-hybridized carbons (Fsp3) is 0.211. The molecule has 1 aromatic heterocycles. The van der Waals surface area contributed by atoms with E-state index in [9.17, 15) is 0 Å². The lowest BCUT2D eigenvalue weighted by atomic mass is 10.1. The lowest BCUT2D eigenvalue weighted by Gasteiger charge is -2.17. The molecule has 4 rings (SSSR count). The largest absolute Gasteiger partial charge is 0.495 e. The number of rotatable bonds is 3. The van der Waals surface area contributed by atoms with Gasteiger partial charge in [0.05, 0.1) is 24.0 Å². The van der Waals surface area contributed by atoms with E-state index in [1.807, 2.05) is 30.3 Å². The van der Waals surface area contributed by atoms with Crippen LogP contribution in [0.2, 0.25) is 5.02 Å². The molecule has 116 valence electrons. The third-order valence-corrected chi connectivity index (χ3v) is 4.58. The molecule has 1 N–H and O–H groups in total. The fourth-order valence-electron chi connectivity index (χ4n) is 3.27. The third kappa shape index (κ3) is 2.51. The van der Waals surface area contributed by atoms with Gasteiger partial charge in [0, 0.05) is 16.1 Å². The van der Waals surface area contributed by atoms with Crippen LogP contribution >= 0.6 is 11.6 Å². The molecular formula is C19H17ClN2O. The Labute approximate surface area is 140 Å². The van der Waals surface area contributed by atoms with Gasteiger partial charge < -0.3 is 10.1 Å². The van der Waals surface area contributed by atoms with Gasteiger partial charge in [-0.25, -0.2) is 0 Å². The zero-order valence-electron chi connectivity index (χ0n) is 12.9. The number of nitrogens with zero attached hydrogens (tertiary/aromatic N) is 1. The van der Waals surface area contributed by atoms with Crippen LogP contribution in [-0.4, -0.2) is 12.1 Å². The van der Waals surface area contributed by atoms with Gasteiger partial charge in [-0.15, -0.1) is 0 Å². The van der Waals surface area contributed by atoms with Crippen LogP contribution in [0, 0.1) is 0 Å². The second-order valence-corrected chi connectivity index (χ2v) is 6.19. The highest BCUT2D eigenvalue weighted by molar-refractivity contribution is 6.31. The third-order valence-electron chi connectivity index (χ3n) is 4.34. The van der Waals surface area contributed by atoms with Crippen molar-refractivity contribution in [3.63, 3.8) is 0 Å². The van der Waals surface area contributed by atoms with Gasteiger partial charge in [0.15, 0.2) is 0 Å². The van der Waals surface area contributed by atoms with Gasteiger partial charge in [-0.1, -0.05) is 29.8 Å². The van der Waals surface area contributed by atoms with E-state index in [-0.39, 0.29) is 0 Å². The monoisotopic (exact) mass is 324 g/mol. The molecule has 0 atom stereocenters. The van der Waals surface area contributed by atoms with Crippen LogP contribution in [0.4, 0.5) is 11.4 Å². The molecular weight excluding hydrogens is 308 g/mol. The van der Waals surface area contributed by atoms with Gasteiger partial charge in [0.1, 0.15) is 5.75 Å². The Balaban J connectivity index is 1.91. The number of pyridine rings is 1. The van der Waals surface area contributed by atoms with E-state index in [0.29, 0.717) is 5.02 Å². The van der Waals surface area contributed by atoms with Crippen LogP contribution in [0.5, 0.6) is 5.75 Å². The zero-order chi connectivity index (χ0) is 15.8. The van der Waals surface area contributed by atoms with Crippen LogP contribution in [0.1, 0.15) is 17.7 Å². The van der Waals surface area contributed by atoms with Gasteiger partial charge >= 0.3 is 0 Å². The number of methoxy groups -OCH3 is 1. The normalized spacial score (nSPS) is 13.1. The molecule has 0 amide bonds. The minimum atomic E-state index is 0.684. The highest BCUT2D eigenvalue weighted by Gasteiger charge is 2.20. The van der Waals surface area contributed by atoms with Crippen molar-refractivity contribution in [3.8, 4) is 5.75 Å². The summed E-state index contributed by atoms with van der Waals surface area (Å²) in [5.74, 6) is 0.780. The van der Waals surface area contributed by atoms with Crippen molar-refractivity contribution in [1.82, 2.24) is 4.98 Å². The van der Waals surface area contributed by atoms with Crippen LogP contribution < -0.4 is 10.1 Å². The molecule has 0 aliphatic heterocycles. The first kappa shape index (κ1) is 14.3. The average Bonchev–Trinajstić information content (AvgIpc) is 3.03. The number of aryl methyl sites for hydroxylation is 1. The van der Waals surface area contributed by atoms with Gasteiger partial charge in [0.2, 0.25) is 0 Å². The topological polar surface area (TPSA) is 34.1 Å². The van der Waals surface area contributed by atoms with Gasteiger partial charge in [0.25, 0.3) is 0 Å². The maximum absolute atomic E-state index is 6.17. The predicted octanol–water partition coefficient (Wildman–Crippen LogP) is 5.13. The lowest BCUT2D eigenvalue weighted by Crippen LogP contribution is -2.01. The summed E-state index contributed by atoms with van der Waals surface area (Å²) in [6, 6.07) is 13.9. The summed E-state index contributed by atoms with van der Waals surface area (Å²) in [7, 11) is 1.67. The van der Waals surface area contributed by atoms with Gasteiger partial charge in [-0.3, -0.25) is 4.98 Å². The summed E-state index contributed by atoms with van der Waals surface area (Å²) >= 11 is 6.17. The second kappa shape index (κ2) is 5.74. The first-order chi connectivity index (χ1) is 11.3. The van der Waals surface area contributed by atoms with E-state index in [4.69, 9.17) is 21.3 Å². The molecule has 1 aliphatic carbocycles. The summed E-state index contributed by atoms with van der Waals surface area (Å²) in [5.41, 5.74) is 5.55. The quantitative estimate of drug-likeness (QED) is 0.725. The smallest absolute Gasteiger partial charge is 0.142 e. The first-order valence-corrected chi connectivity index (χ1v) is 8.15. The number of para-hydroxylation sites is 1. The molecule has 0 radical (unpaired) electrons. The van der Waals surface area contributed by atoms with Crippen LogP contribution in [0.25, 0.3) is 10.9 Å². The van der Waals surface area contributed by atoms with Crippen LogP contribution in [0.15, 0.2) is 42.5 Å². The summed E-state index contributed by atoms with van der Waals surface area (Å²) in [4.78, 5) is 4.82. The molecule has 0 spiro atoms. The summed E-state index contributed by atoms with van der Waals surface area (Å²) in [5, 5.41) is 5.38. The molecule has 4 heteroatoms. The fourth-order valence-corrected chi connectivity index (χ4v) is 3.44. The molecule has 0 saturated heterocycles. The Morgan fingerprint density at radius 2 is 2.00 bits per heavy atom. The van der Waals surface area contributed by atoms with Crippen molar-refractivity contribution in [2.75, 3.05) is 12.4 Å². The van der Waals surface area contributed by atoms with E-state index < -0.39 is 0 Å². The predicted molar refractivity (Wildman–Crippen MR) is 95.1 cm³/mol. The Kier molecular flexibility index (Phi) is 3.58. The Morgan fingerprint density at radius 3 is 2.87 bits per heavy atom. The second-order valence-electron chi connectivity index (χ2n) is 5.75. The van der Waals surface area contributed by atoms with Crippen molar-refractivity contribution in [2.24, 2.45) is 0 Å². The first-order valence-electron chi connectivity index (χ1n) is 7.77. The van der Waals surface area contributed by atoms with E-state index >= 15 is 0 Å². The molecule has 23 heavy (non-hydrogen) atoms. The molecule has 0 bridgehead atoms. The van der Waals surface area contributed by atoms with Gasteiger partial charge in [-0.05, 0) is 49.1 Å². The summed E-state index contributed by atoms with van der Waals surface area (Å²) < 4.78 is 5.47. The number of halogens is 1. The highest BCUT2D eigenvalue weighted by atomic mass is 35.5. The number of fused-ring (bicyclic) bond motifs is 2. The number of aromatic nitrogens is 1. The molecule has 0 unspecified atom stereocenters.